The maximum absolute atomic E-state index is 4.18. The molecule has 1 unspecified atom stereocenters. The van der Waals surface area contributed by atoms with Gasteiger partial charge in [0.25, 0.3) is 0 Å². The van der Waals surface area contributed by atoms with E-state index in [9.17, 15) is 0 Å². The molecule has 76 valence electrons. The molecule has 0 saturated carbocycles. The predicted octanol–water partition coefficient (Wildman–Crippen LogP) is 2.70. The Bertz CT molecular complexity index is 336. The lowest BCUT2D eigenvalue weighted by Crippen LogP contribution is -2.50. The van der Waals surface area contributed by atoms with Crippen LogP contribution in [0.25, 0.3) is 0 Å². The minimum Gasteiger partial charge on any atom is -0.380 e. The zero-order valence-corrected chi connectivity index (χ0v) is 9.69. The second-order valence-electron chi connectivity index (χ2n) is 4.30. The lowest BCUT2D eigenvalue weighted by molar-refractivity contribution is 0.576. The second-order valence-corrected chi connectivity index (χ2v) is 5.97. The van der Waals surface area contributed by atoms with Gasteiger partial charge in [0, 0.05) is 34.1 Å². The molecule has 0 amide bonds. The molecular formula is C11H16N2S. The van der Waals surface area contributed by atoms with E-state index in [4.69, 9.17) is 0 Å². The Morgan fingerprint density at radius 2 is 2.36 bits per heavy atom. The van der Waals surface area contributed by atoms with Crippen molar-refractivity contribution in [3.8, 4) is 0 Å². The summed E-state index contributed by atoms with van der Waals surface area (Å²) in [6.45, 7) is 6.59. The van der Waals surface area contributed by atoms with E-state index >= 15 is 0 Å². The molecule has 1 fully saturated rings. The summed E-state index contributed by atoms with van der Waals surface area (Å²) in [4.78, 5) is 4.18. The van der Waals surface area contributed by atoms with E-state index < -0.39 is 0 Å². The van der Waals surface area contributed by atoms with Crippen LogP contribution in [-0.2, 0) is 0 Å². The van der Waals surface area contributed by atoms with Gasteiger partial charge in [0.05, 0.1) is 0 Å². The van der Waals surface area contributed by atoms with Gasteiger partial charge in [-0.15, -0.1) is 0 Å². The van der Waals surface area contributed by atoms with Crippen molar-refractivity contribution in [1.82, 2.24) is 4.98 Å². The van der Waals surface area contributed by atoms with Crippen LogP contribution in [0.4, 0.5) is 5.69 Å². The van der Waals surface area contributed by atoms with Crippen LogP contribution >= 0.6 is 11.8 Å². The smallest absolute Gasteiger partial charge is 0.0493 e. The molecule has 1 N–H and O–H groups in total. The molecule has 2 heterocycles. The molecule has 14 heavy (non-hydrogen) atoms. The Kier molecular flexibility index (Phi) is 2.43. The third-order valence-corrected chi connectivity index (χ3v) is 4.23. The molecule has 1 aliphatic rings. The lowest BCUT2D eigenvalue weighted by Gasteiger charge is -2.44. The number of rotatable bonds is 2. The number of aryl methyl sites for hydroxylation is 1. The van der Waals surface area contributed by atoms with E-state index in [2.05, 4.69) is 30.2 Å². The molecule has 2 rings (SSSR count). The average molecular weight is 208 g/mol. The van der Waals surface area contributed by atoms with E-state index in [0.29, 0.717) is 10.8 Å². The Morgan fingerprint density at radius 3 is 2.86 bits per heavy atom. The normalized spacial score (nSPS) is 24.1. The highest BCUT2D eigenvalue weighted by atomic mass is 32.2. The number of pyridine rings is 1. The quantitative estimate of drug-likeness (QED) is 0.809. The average Bonchev–Trinajstić information content (AvgIpc) is 2.13. The summed E-state index contributed by atoms with van der Waals surface area (Å²) in [5, 5.41) is 3.55. The summed E-state index contributed by atoms with van der Waals surface area (Å²) in [6, 6.07) is 4.72. The Labute approximate surface area is 89.5 Å². The third kappa shape index (κ3) is 1.87. The van der Waals surface area contributed by atoms with Crippen molar-refractivity contribution < 1.29 is 0 Å². The molecule has 2 nitrogen and oxygen atoms in total. The van der Waals surface area contributed by atoms with Gasteiger partial charge >= 0.3 is 0 Å². The number of hydrogen-bond acceptors (Lipinski definition) is 3. The first-order valence-corrected chi connectivity index (χ1v) is 5.90. The second kappa shape index (κ2) is 3.46. The molecular weight excluding hydrogens is 192 g/mol. The van der Waals surface area contributed by atoms with Crippen molar-refractivity contribution in [2.24, 2.45) is 0 Å². The molecule has 0 bridgehead atoms. The van der Waals surface area contributed by atoms with Gasteiger partial charge in [-0.2, -0.15) is 11.8 Å². The van der Waals surface area contributed by atoms with Crippen LogP contribution < -0.4 is 5.32 Å². The summed E-state index contributed by atoms with van der Waals surface area (Å²) in [6.07, 6.45) is 1.86. The van der Waals surface area contributed by atoms with Crippen molar-refractivity contribution in [3.63, 3.8) is 0 Å². The fraction of sp³-hybridized carbons (Fsp3) is 0.545. The van der Waals surface area contributed by atoms with E-state index in [1.165, 1.54) is 11.4 Å². The number of aromatic nitrogens is 1. The Hall–Kier alpha value is -0.700. The summed E-state index contributed by atoms with van der Waals surface area (Å²) < 4.78 is 0.372. The first kappa shape index (κ1) is 9.84. The summed E-state index contributed by atoms with van der Waals surface area (Å²) >= 11 is 2.02. The molecule has 0 radical (unpaired) electrons. The van der Waals surface area contributed by atoms with Crippen LogP contribution in [0.15, 0.2) is 18.3 Å². The van der Waals surface area contributed by atoms with E-state index in [0.717, 1.165) is 5.69 Å². The van der Waals surface area contributed by atoms with Gasteiger partial charge in [0.1, 0.15) is 0 Å². The number of anilines is 1. The minimum absolute atomic E-state index is 0.372. The summed E-state index contributed by atoms with van der Waals surface area (Å²) in [7, 11) is 0. The fourth-order valence-corrected chi connectivity index (χ4v) is 2.69. The third-order valence-electron chi connectivity index (χ3n) is 2.70. The van der Waals surface area contributed by atoms with Gasteiger partial charge in [-0.3, -0.25) is 4.98 Å². The summed E-state index contributed by atoms with van der Waals surface area (Å²) in [5.74, 6) is 1.20. The highest BCUT2D eigenvalue weighted by Gasteiger charge is 2.39. The molecule has 1 saturated heterocycles. The zero-order valence-electron chi connectivity index (χ0n) is 8.87. The zero-order chi connectivity index (χ0) is 10.2. The van der Waals surface area contributed by atoms with Crippen LogP contribution in [0.3, 0.4) is 0 Å². The molecule has 1 aliphatic heterocycles. The van der Waals surface area contributed by atoms with E-state index in [1.54, 1.807) is 0 Å². The first-order chi connectivity index (χ1) is 6.58. The number of thioether (sulfide) groups is 1. The van der Waals surface area contributed by atoms with Gasteiger partial charge in [0.15, 0.2) is 0 Å². The van der Waals surface area contributed by atoms with Crippen LogP contribution in [0, 0.1) is 6.92 Å². The van der Waals surface area contributed by atoms with Gasteiger partial charge in [-0.05, 0) is 32.9 Å². The standard InChI is InChI=1S/C11H16N2S/c1-8-6-9(4-5-12-8)13-10-7-14-11(10,2)3/h4-6,10H,7H2,1-3H3,(H,12,13). The number of nitrogens with zero attached hydrogens (tertiary/aromatic N) is 1. The maximum Gasteiger partial charge on any atom is 0.0493 e. The molecule has 1 aromatic heterocycles. The van der Waals surface area contributed by atoms with Crippen molar-refractivity contribution in [2.45, 2.75) is 31.6 Å². The molecule has 1 atom stereocenters. The monoisotopic (exact) mass is 208 g/mol. The van der Waals surface area contributed by atoms with Crippen molar-refractivity contribution in [1.29, 1.82) is 0 Å². The topological polar surface area (TPSA) is 24.9 Å². The molecule has 0 spiro atoms. The summed E-state index contributed by atoms with van der Waals surface area (Å²) in [5.41, 5.74) is 2.26. The van der Waals surface area contributed by atoms with E-state index in [1.807, 2.05) is 30.9 Å². The van der Waals surface area contributed by atoms with Crippen molar-refractivity contribution in [2.75, 3.05) is 11.1 Å². The Morgan fingerprint density at radius 1 is 1.57 bits per heavy atom. The van der Waals surface area contributed by atoms with Crippen LogP contribution in [0.5, 0.6) is 0 Å². The maximum atomic E-state index is 4.18. The first-order valence-electron chi connectivity index (χ1n) is 4.91. The molecule has 3 heteroatoms. The van der Waals surface area contributed by atoms with Crippen LogP contribution in [0.1, 0.15) is 19.5 Å². The van der Waals surface area contributed by atoms with Gasteiger partial charge in [-0.25, -0.2) is 0 Å². The molecule has 1 aromatic rings. The lowest BCUT2D eigenvalue weighted by atomic mass is 10.0. The van der Waals surface area contributed by atoms with E-state index in [-0.39, 0.29) is 0 Å². The van der Waals surface area contributed by atoms with Crippen molar-refractivity contribution >= 4 is 17.4 Å². The number of hydrogen-bond donors (Lipinski definition) is 1. The SMILES string of the molecule is Cc1cc(NC2CSC2(C)C)ccn1. The van der Waals surface area contributed by atoms with Crippen LogP contribution in [0.2, 0.25) is 0 Å². The molecule has 0 aromatic carbocycles. The highest BCUT2D eigenvalue weighted by Crippen LogP contribution is 2.41. The predicted molar refractivity (Wildman–Crippen MR) is 62.9 cm³/mol. The Balaban J connectivity index is 2.05. The van der Waals surface area contributed by atoms with Gasteiger partial charge in [-0.1, -0.05) is 0 Å². The van der Waals surface area contributed by atoms with Gasteiger partial charge < -0.3 is 5.32 Å². The highest BCUT2D eigenvalue weighted by molar-refractivity contribution is 8.02. The molecule has 0 aliphatic carbocycles. The largest absolute Gasteiger partial charge is 0.380 e. The van der Waals surface area contributed by atoms with Gasteiger partial charge in [0.2, 0.25) is 0 Å². The van der Waals surface area contributed by atoms with Crippen molar-refractivity contribution in [3.05, 3.63) is 24.0 Å². The fourth-order valence-electron chi connectivity index (χ4n) is 1.55. The van der Waals surface area contributed by atoms with Crippen LogP contribution in [-0.4, -0.2) is 21.5 Å². The minimum atomic E-state index is 0.372. The number of nitrogens with one attached hydrogen (secondary N) is 1.